The van der Waals surface area contributed by atoms with Crippen molar-refractivity contribution < 1.29 is 21.1 Å². The Bertz CT molecular complexity index is 3050. The topological polar surface area (TPSA) is 30.7 Å². The Kier molecular flexibility index (Phi) is 11.1. The van der Waals surface area contributed by atoms with Gasteiger partial charge in [0.1, 0.15) is 5.41 Å². The van der Waals surface area contributed by atoms with Crippen LogP contribution in [0.2, 0.25) is 0 Å². The third-order valence-corrected chi connectivity index (χ3v) is 14.6. The molecule has 8 aromatic rings. The number of fused-ring (bicyclic) bond motifs is 6. The van der Waals surface area contributed by atoms with Crippen LogP contribution in [0.1, 0.15) is 150 Å². The summed E-state index contributed by atoms with van der Waals surface area (Å²) in [6, 6.07) is 59.5. The number of hydrogen-bond acceptors (Lipinski definition) is 2. The SMILES string of the molecule is Cn1cc(C2(c3cccc(C4(c5[c-]cccc5)c5cc(C(C)(C)C)ccc5-c5ccc(C(C)(C)C)cc54)n3)c3cc(C(C)(C)C)ccc3-c3ccc(C(C)(C)C)cc32)nc1-c1[c-]cccc1.[Pt+2]. The maximum atomic E-state index is 6.23. The van der Waals surface area contributed by atoms with Crippen LogP contribution < -0.4 is 0 Å². The van der Waals surface area contributed by atoms with Crippen LogP contribution in [0.25, 0.3) is 33.6 Å². The van der Waals surface area contributed by atoms with E-state index in [1.54, 1.807) is 0 Å². The minimum atomic E-state index is -0.889. The second kappa shape index (κ2) is 16.0. The van der Waals surface area contributed by atoms with E-state index >= 15 is 0 Å². The molecule has 4 heteroatoms. The molecule has 340 valence electrons. The van der Waals surface area contributed by atoms with E-state index < -0.39 is 10.8 Å². The monoisotopic (exact) mass is 1060 g/mol. The minimum Gasteiger partial charge on any atom is -0.373 e. The summed E-state index contributed by atoms with van der Waals surface area (Å²) in [4.78, 5) is 12.0. The van der Waals surface area contributed by atoms with Crippen molar-refractivity contribution in [3.63, 3.8) is 0 Å². The van der Waals surface area contributed by atoms with E-state index in [-0.39, 0.29) is 42.7 Å². The molecule has 0 aliphatic heterocycles. The smallest absolute Gasteiger partial charge is 0.373 e. The van der Waals surface area contributed by atoms with E-state index in [0.29, 0.717) is 0 Å². The van der Waals surface area contributed by atoms with Gasteiger partial charge < -0.3 is 4.57 Å². The van der Waals surface area contributed by atoms with Gasteiger partial charge in [0.2, 0.25) is 0 Å². The van der Waals surface area contributed by atoms with Crippen molar-refractivity contribution in [2.45, 2.75) is 116 Å². The van der Waals surface area contributed by atoms with Crippen LogP contribution >= 0.6 is 0 Å². The van der Waals surface area contributed by atoms with Gasteiger partial charge in [-0.1, -0.05) is 162 Å². The molecule has 0 atom stereocenters. The molecule has 3 nitrogen and oxygen atoms in total. The number of pyridine rings is 1. The fourth-order valence-corrected chi connectivity index (χ4v) is 10.8. The largest absolute Gasteiger partial charge is 2.00 e. The Morgan fingerprint density at radius 2 is 0.821 bits per heavy atom. The normalized spacial score (nSPS) is 14.8. The third kappa shape index (κ3) is 7.26. The molecule has 67 heavy (non-hydrogen) atoms. The summed E-state index contributed by atoms with van der Waals surface area (Å²) in [6.45, 7) is 27.8. The van der Waals surface area contributed by atoms with Gasteiger partial charge in [-0.25, -0.2) is 0 Å². The Hall–Kier alpha value is -5.63. The van der Waals surface area contributed by atoms with Crippen molar-refractivity contribution in [1.82, 2.24) is 14.5 Å². The zero-order chi connectivity index (χ0) is 46.8. The molecule has 10 rings (SSSR count). The summed E-state index contributed by atoms with van der Waals surface area (Å²) in [5, 5.41) is 0. The number of aromatic nitrogens is 3. The van der Waals surface area contributed by atoms with Crippen molar-refractivity contribution in [3.8, 4) is 33.6 Å². The predicted molar refractivity (Wildman–Crippen MR) is 274 cm³/mol. The second-order valence-electron chi connectivity index (χ2n) is 23.1. The third-order valence-electron chi connectivity index (χ3n) is 14.6. The van der Waals surface area contributed by atoms with Gasteiger partial charge in [0, 0.05) is 13.2 Å². The van der Waals surface area contributed by atoms with Gasteiger partial charge in [0.05, 0.1) is 28.3 Å². The van der Waals surface area contributed by atoms with Crippen LogP contribution in [0.4, 0.5) is 0 Å². The van der Waals surface area contributed by atoms with Crippen molar-refractivity contribution in [2.75, 3.05) is 0 Å². The average Bonchev–Trinajstić information content (AvgIpc) is 3.91. The molecule has 0 unspecified atom stereocenters. The first-order valence-corrected chi connectivity index (χ1v) is 23.7. The first kappa shape index (κ1) is 46.5. The molecule has 6 aromatic carbocycles. The van der Waals surface area contributed by atoms with Gasteiger partial charge in [0.25, 0.3) is 0 Å². The summed E-state index contributed by atoms with van der Waals surface area (Å²) in [6.07, 6.45) is 2.25. The Morgan fingerprint density at radius 1 is 0.418 bits per heavy atom. The van der Waals surface area contributed by atoms with Crippen LogP contribution in [-0.4, -0.2) is 14.5 Å². The van der Waals surface area contributed by atoms with Crippen LogP contribution in [0.3, 0.4) is 0 Å². The number of hydrogen-bond donors (Lipinski definition) is 0. The van der Waals surface area contributed by atoms with Crippen molar-refractivity contribution in [1.29, 1.82) is 0 Å². The van der Waals surface area contributed by atoms with Crippen LogP contribution in [0.15, 0.2) is 146 Å². The van der Waals surface area contributed by atoms with E-state index in [9.17, 15) is 0 Å². The number of benzene rings is 6. The van der Waals surface area contributed by atoms with E-state index in [4.69, 9.17) is 9.97 Å². The molecule has 0 spiro atoms. The number of imidazole rings is 1. The fourth-order valence-electron chi connectivity index (χ4n) is 10.8. The standard InChI is InChI=1S/C63H63N3.Pt/c1-58(2,3)42-27-31-46-47-32-28-43(59(4,5)6)36-51(47)62(50(46)35-42,41-23-18-15-19-24-41)54-25-20-26-55(64-54)63(56-39-66(13)57(65-56)40-21-16-14-17-22-40)52-37-44(60(7,8)9)29-33-48(52)49-34-30-45(38-53(49)63)61(10,11)12;/h14-21,23,25-39H,1-13H3;/q-2;+2. The van der Waals surface area contributed by atoms with E-state index in [1.807, 2.05) is 12.1 Å². The van der Waals surface area contributed by atoms with Crippen LogP contribution in [0, 0.1) is 12.1 Å². The Balaban J connectivity index is 0.00000562. The Labute approximate surface area is 414 Å². The van der Waals surface area contributed by atoms with Gasteiger partial charge >= 0.3 is 21.1 Å². The zero-order valence-corrected chi connectivity index (χ0v) is 43.8. The maximum Gasteiger partial charge on any atom is 2.00 e. The molecule has 0 bridgehead atoms. The van der Waals surface area contributed by atoms with Gasteiger partial charge in [-0.15, -0.1) is 41.5 Å². The van der Waals surface area contributed by atoms with Gasteiger partial charge in [-0.05, 0) is 101 Å². The number of nitrogens with zero attached hydrogens (tertiary/aromatic N) is 3. The summed E-state index contributed by atoms with van der Waals surface area (Å²) in [5.74, 6) is 0.869. The van der Waals surface area contributed by atoms with Crippen LogP contribution in [-0.2, 0) is 60.6 Å². The molecule has 2 aromatic heterocycles. The molecule has 2 aliphatic rings. The van der Waals surface area contributed by atoms with Crippen molar-refractivity contribution in [2.24, 2.45) is 7.05 Å². The average molecular weight is 1060 g/mol. The Morgan fingerprint density at radius 3 is 1.21 bits per heavy atom. The fraction of sp³-hybridized carbons (Fsp3) is 0.302. The quantitative estimate of drug-likeness (QED) is 0.161. The van der Waals surface area contributed by atoms with Crippen LogP contribution in [0.5, 0.6) is 0 Å². The molecule has 0 saturated heterocycles. The first-order valence-electron chi connectivity index (χ1n) is 23.7. The molecule has 0 radical (unpaired) electrons. The molecule has 0 fully saturated rings. The summed E-state index contributed by atoms with van der Waals surface area (Å²) >= 11 is 0. The van der Waals surface area contributed by atoms with Crippen molar-refractivity contribution >= 4 is 0 Å². The molecular weight excluding hydrogens is 994 g/mol. The molecule has 0 amide bonds. The van der Waals surface area contributed by atoms with Gasteiger partial charge in [-0.2, -0.15) is 30.3 Å². The van der Waals surface area contributed by atoms with Gasteiger partial charge in [0.15, 0.2) is 0 Å². The summed E-state index contributed by atoms with van der Waals surface area (Å²) in [7, 11) is 2.12. The summed E-state index contributed by atoms with van der Waals surface area (Å²) in [5.41, 5.74) is 17.8. The number of rotatable bonds is 5. The molecule has 2 heterocycles. The van der Waals surface area contributed by atoms with Crippen molar-refractivity contribution in [3.05, 3.63) is 225 Å². The number of aryl methyl sites for hydroxylation is 1. The molecule has 2 aliphatic carbocycles. The van der Waals surface area contributed by atoms with E-state index in [2.05, 4.69) is 240 Å². The first-order chi connectivity index (χ1) is 31.1. The van der Waals surface area contributed by atoms with Gasteiger partial charge in [-0.3, -0.25) is 9.97 Å². The molecular formula is C63H63N3Pt. The summed E-state index contributed by atoms with van der Waals surface area (Å²) < 4.78 is 2.18. The second-order valence-corrected chi connectivity index (χ2v) is 23.1. The zero-order valence-electron chi connectivity index (χ0n) is 41.5. The molecule has 0 saturated carbocycles. The minimum absolute atomic E-state index is 0. The predicted octanol–water partition coefficient (Wildman–Crippen LogP) is 15.0. The molecule has 0 N–H and O–H groups in total. The maximum absolute atomic E-state index is 6.23. The van der Waals surface area contributed by atoms with E-state index in [0.717, 1.165) is 34.0 Å². The van der Waals surface area contributed by atoms with E-state index in [1.165, 1.54) is 66.8 Å².